The van der Waals surface area contributed by atoms with Crippen molar-refractivity contribution in [3.8, 4) is 34.5 Å². The molecule has 6 nitrogen and oxygen atoms in total. The van der Waals surface area contributed by atoms with Crippen molar-refractivity contribution < 1.29 is 87.4 Å². The molecule has 0 N–H and O–H groups in total. The van der Waals surface area contributed by atoms with Gasteiger partial charge >= 0.3 is 21.7 Å². The van der Waals surface area contributed by atoms with Crippen LogP contribution in [0.4, 0.5) is 0 Å². The van der Waals surface area contributed by atoms with Gasteiger partial charge in [-0.25, -0.2) is 0 Å². The summed E-state index contributed by atoms with van der Waals surface area (Å²) in [7, 11) is 6.81. The van der Waals surface area contributed by atoms with Crippen molar-refractivity contribution in [3.63, 3.8) is 0 Å². The van der Waals surface area contributed by atoms with Crippen molar-refractivity contribution in [1.82, 2.24) is 0 Å². The summed E-state index contributed by atoms with van der Waals surface area (Å²) in [6, 6.07) is 6.88. The molecule has 0 aromatic heterocycles. The molecule has 4 aromatic carbocycles. The van der Waals surface area contributed by atoms with E-state index in [1.807, 2.05) is 0 Å². The van der Waals surface area contributed by atoms with Gasteiger partial charge < -0.3 is 65.6 Å². The van der Waals surface area contributed by atoms with E-state index in [2.05, 4.69) is 87.4 Å². The van der Waals surface area contributed by atoms with Crippen LogP contribution in [0.5, 0.6) is 34.5 Å². The van der Waals surface area contributed by atoms with E-state index in [1.165, 1.54) is 27.4 Å². The summed E-state index contributed by atoms with van der Waals surface area (Å²) in [5.41, 5.74) is 11.4. The van der Waals surface area contributed by atoms with Gasteiger partial charge in [-0.2, -0.15) is 27.4 Å². The van der Waals surface area contributed by atoms with Gasteiger partial charge in [0, 0.05) is 0 Å². The minimum Gasteiger partial charge on any atom is -1.00 e. The molecule has 0 fully saturated rings. The first-order chi connectivity index (χ1) is 21.7. The van der Waals surface area contributed by atoms with Crippen molar-refractivity contribution >= 4 is 28.8 Å². The standard InChI is InChI=1S/C39H51O6Si.3ClH.Ti/c1-20-17-30(36(43-14)33(40-11)23(20)4)46(39-28(9)26(7)27(8)29(39)10,31-18-21(2)24(5)34(41-12)37(31)44-15)32-19-22(3)25(6)35(42-13)38(32)45-16;;;;/h17-19H,1-16H3;3*1H;/q-1;;;;+4/p-3. The average molecular weight is 798 g/mol. The third-order valence-corrected chi connectivity index (χ3v) is 15.5. The van der Waals surface area contributed by atoms with Gasteiger partial charge in [0.2, 0.25) is 0 Å². The number of rotatable bonds is 10. The van der Waals surface area contributed by atoms with Crippen LogP contribution in [0.3, 0.4) is 0 Å². The van der Waals surface area contributed by atoms with E-state index in [0.29, 0.717) is 34.5 Å². The molecule has 50 heavy (non-hydrogen) atoms. The molecule has 0 unspecified atom stereocenters. The maximum Gasteiger partial charge on any atom is 4.00 e. The normalized spacial score (nSPS) is 10.6. The summed E-state index contributed by atoms with van der Waals surface area (Å²) in [6.45, 7) is 21.6. The quantitative estimate of drug-likeness (QED) is 0.0967. The maximum atomic E-state index is 6.42. The fraction of sp³-hybridized carbons (Fsp3) is 0.410. The molecule has 0 aliphatic heterocycles. The van der Waals surface area contributed by atoms with Gasteiger partial charge in [-0.15, -0.1) is 0 Å². The zero-order chi connectivity index (χ0) is 34.4. The van der Waals surface area contributed by atoms with Crippen LogP contribution in [0.1, 0.15) is 55.6 Å². The van der Waals surface area contributed by atoms with Crippen LogP contribution < -0.4 is 86.4 Å². The van der Waals surface area contributed by atoms with Gasteiger partial charge in [0.15, 0.2) is 42.6 Å². The zero-order valence-electron chi connectivity index (χ0n) is 32.3. The number of aryl methyl sites for hydroxylation is 3. The van der Waals surface area contributed by atoms with E-state index in [1.54, 1.807) is 42.7 Å². The Balaban J connectivity index is 0.00000600. The van der Waals surface area contributed by atoms with Crippen LogP contribution in [0.2, 0.25) is 0 Å². The Bertz CT molecular complexity index is 1650. The zero-order valence-corrected chi connectivity index (χ0v) is 37.1. The van der Waals surface area contributed by atoms with Crippen molar-refractivity contribution in [1.29, 1.82) is 0 Å². The number of hydrogen-bond acceptors (Lipinski definition) is 6. The van der Waals surface area contributed by atoms with Crippen LogP contribution in [0.25, 0.3) is 0 Å². The molecule has 11 heteroatoms. The first-order valence-corrected chi connectivity index (χ1v) is 17.7. The summed E-state index contributed by atoms with van der Waals surface area (Å²) in [5, 5.41) is 4.38. The Morgan fingerprint density at radius 3 is 0.880 bits per heavy atom. The fourth-order valence-electron chi connectivity index (χ4n) is 7.39. The third kappa shape index (κ3) is 7.03. The van der Waals surface area contributed by atoms with E-state index >= 15 is 0 Å². The molecule has 272 valence electrons. The van der Waals surface area contributed by atoms with Crippen molar-refractivity contribution in [2.24, 2.45) is 0 Å². The Hall–Kier alpha value is -2.39. The van der Waals surface area contributed by atoms with E-state index in [4.69, 9.17) is 28.4 Å². The largest absolute Gasteiger partial charge is 4.00 e. The monoisotopic (exact) mass is 796 g/mol. The van der Waals surface area contributed by atoms with Crippen LogP contribution >= 0.6 is 0 Å². The minimum atomic E-state index is -3.52. The number of halogens is 3. The van der Waals surface area contributed by atoms with Crippen LogP contribution in [0.15, 0.2) is 18.2 Å². The number of ether oxygens (including phenoxy) is 6. The Morgan fingerprint density at radius 1 is 0.420 bits per heavy atom. The molecule has 0 aliphatic carbocycles. The topological polar surface area (TPSA) is 55.4 Å². The summed E-state index contributed by atoms with van der Waals surface area (Å²) >= 11 is 0. The number of benzene rings is 3. The molecular weight excluding hydrogens is 747 g/mol. The van der Waals surface area contributed by atoms with E-state index in [0.717, 1.165) is 48.9 Å². The van der Waals surface area contributed by atoms with E-state index in [-0.39, 0.29) is 58.9 Å². The van der Waals surface area contributed by atoms with Crippen LogP contribution in [-0.2, 0) is 21.7 Å². The van der Waals surface area contributed by atoms with Gasteiger partial charge in [0.1, 0.15) is 0 Å². The number of methoxy groups -OCH3 is 6. The van der Waals surface area contributed by atoms with Crippen LogP contribution in [-0.4, -0.2) is 50.7 Å². The van der Waals surface area contributed by atoms with Gasteiger partial charge in [0.25, 0.3) is 0 Å². The van der Waals surface area contributed by atoms with E-state index in [9.17, 15) is 0 Å². The molecule has 0 atom stereocenters. The van der Waals surface area contributed by atoms with Crippen molar-refractivity contribution in [2.75, 3.05) is 42.7 Å². The summed E-state index contributed by atoms with van der Waals surface area (Å²) in [5.74, 6) is 4.25. The Morgan fingerprint density at radius 2 is 0.680 bits per heavy atom. The molecule has 0 aliphatic rings. The minimum absolute atomic E-state index is 0. The third-order valence-electron chi connectivity index (χ3n) is 10.5. The molecule has 4 rings (SSSR count). The summed E-state index contributed by atoms with van der Waals surface area (Å²) in [4.78, 5) is 0. The first kappa shape index (κ1) is 47.6. The van der Waals surface area contributed by atoms with Crippen molar-refractivity contribution in [2.45, 2.75) is 69.2 Å². The van der Waals surface area contributed by atoms with E-state index < -0.39 is 8.07 Å². The average Bonchev–Trinajstić information content (AvgIpc) is 3.23. The predicted octanol–water partition coefficient (Wildman–Crippen LogP) is -3.07. The molecule has 0 saturated carbocycles. The smallest absolute Gasteiger partial charge is 1.00 e. The predicted molar refractivity (Wildman–Crippen MR) is 192 cm³/mol. The molecule has 0 bridgehead atoms. The second-order valence-electron chi connectivity index (χ2n) is 12.4. The SMILES string of the molecule is COc1c([Si](c2cc(C)c(C)c(OC)c2OC)(c2cc(C)c(C)c(OC)c2OC)c2c(C)c(C)c(C)[c-]2C)cc(C)c(C)c1OC.[Cl-].[Cl-].[Cl-].[Ti+4]. The molecule has 4 aromatic rings. The molecular formula is C39H51Cl3O6SiTi. The maximum absolute atomic E-state index is 6.42. The van der Waals surface area contributed by atoms with Gasteiger partial charge in [-0.3, -0.25) is 0 Å². The second kappa shape index (κ2) is 18.4. The summed E-state index contributed by atoms with van der Waals surface area (Å²) in [6.07, 6.45) is 0. The van der Waals surface area contributed by atoms with Gasteiger partial charge in [-0.1, -0.05) is 45.9 Å². The summed E-state index contributed by atoms with van der Waals surface area (Å²) < 4.78 is 37.7. The van der Waals surface area contributed by atoms with Gasteiger partial charge in [0.05, 0.1) is 42.7 Å². The molecule has 0 radical (unpaired) electrons. The number of hydrogen-bond donors (Lipinski definition) is 0. The van der Waals surface area contributed by atoms with Crippen LogP contribution in [0, 0.1) is 69.2 Å². The molecule has 0 spiro atoms. The molecule has 0 amide bonds. The first-order valence-electron chi connectivity index (χ1n) is 15.7. The Kier molecular flexibility index (Phi) is 17.5. The molecule has 0 heterocycles. The van der Waals surface area contributed by atoms with Crippen molar-refractivity contribution in [3.05, 3.63) is 73.8 Å². The fourth-order valence-corrected chi connectivity index (χ4v) is 13.5. The van der Waals surface area contributed by atoms with Gasteiger partial charge in [-0.05, 0) is 90.5 Å². The Labute approximate surface area is 334 Å². The second-order valence-corrected chi connectivity index (χ2v) is 16.0. The molecule has 0 saturated heterocycles.